The Kier molecular flexibility index (Phi) is 2.92. The Hall–Kier alpha value is -1.04. The Morgan fingerprint density at radius 1 is 1.69 bits per heavy atom. The third-order valence-corrected chi connectivity index (χ3v) is 2.62. The third-order valence-electron chi connectivity index (χ3n) is 2.62. The summed E-state index contributed by atoms with van der Waals surface area (Å²) < 4.78 is 0. The number of rotatable bonds is 2. The predicted octanol–water partition coefficient (Wildman–Crippen LogP) is 1.40. The van der Waals surface area contributed by atoms with E-state index in [1.165, 1.54) is 0 Å². The maximum Gasteiger partial charge on any atom is 0.225 e. The van der Waals surface area contributed by atoms with Gasteiger partial charge in [0.05, 0.1) is 12.0 Å². The molecule has 3 nitrogen and oxygen atoms in total. The summed E-state index contributed by atoms with van der Waals surface area (Å²) in [5, 5.41) is 8.65. The van der Waals surface area contributed by atoms with Crippen LogP contribution in [-0.2, 0) is 4.79 Å². The van der Waals surface area contributed by atoms with Crippen molar-refractivity contribution in [3.05, 3.63) is 0 Å². The highest BCUT2D eigenvalue weighted by Gasteiger charge is 2.34. The molecule has 1 heterocycles. The van der Waals surface area contributed by atoms with E-state index in [0.29, 0.717) is 12.6 Å². The van der Waals surface area contributed by atoms with Crippen molar-refractivity contribution in [1.29, 1.82) is 5.26 Å². The number of likely N-dealkylation sites (tertiary alicyclic amines) is 1. The highest BCUT2D eigenvalue weighted by Crippen LogP contribution is 2.24. The first-order valence-corrected chi connectivity index (χ1v) is 4.76. The van der Waals surface area contributed by atoms with E-state index in [1.807, 2.05) is 25.7 Å². The fourth-order valence-electron chi connectivity index (χ4n) is 1.85. The van der Waals surface area contributed by atoms with Crippen molar-refractivity contribution in [2.75, 3.05) is 6.54 Å². The molecule has 13 heavy (non-hydrogen) atoms. The van der Waals surface area contributed by atoms with E-state index < -0.39 is 0 Å². The second-order valence-corrected chi connectivity index (χ2v) is 4.01. The van der Waals surface area contributed by atoms with Crippen LogP contribution in [0.1, 0.15) is 27.2 Å². The zero-order chi connectivity index (χ0) is 10.0. The highest BCUT2D eigenvalue weighted by molar-refractivity contribution is 5.81. The molecule has 3 atom stereocenters. The van der Waals surface area contributed by atoms with Crippen molar-refractivity contribution in [3.63, 3.8) is 0 Å². The van der Waals surface area contributed by atoms with Crippen molar-refractivity contribution in [2.24, 2.45) is 11.8 Å². The van der Waals surface area contributed by atoms with Gasteiger partial charge in [-0.25, -0.2) is 0 Å². The lowest BCUT2D eigenvalue weighted by Gasteiger charge is -2.22. The van der Waals surface area contributed by atoms with Gasteiger partial charge in [-0.1, -0.05) is 6.92 Å². The zero-order valence-corrected chi connectivity index (χ0v) is 8.45. The summed E-state index contributed by atoms with van der Waals surface area (Å²) in [5.41, 5.74) is 0. The minimum Gasteiger partial charge on any atom is -0.338 e. The van der Waals surface area contributed by atoms with Crippen LogP contribution >= 0.6 is 0 Å². The van der Waals surface area contributed by atoms with Crippen molar-refractivity contribution in [2.45, 2.75) is 33.2 Å². The van der Waals surface area contributed by atoms with Gasteiger partial charge in [0.25, 0.3) is 0 Å². The Bertz CT molecular complexity index is 244. The van der Waals surface area contributed by atoms with Gasteiger partial charge < -0.3 is 4.90 Å². The number of amides is 1. The lowest BCUT2D eigenvalue weighted by molar-refractivity contribution is -0.131. The van der Waals surface area contributed by atoms with E-state index in [2.05, 4.69) is 6.07 Å². The molecule has 0 bridgehead atoms. The summed E-state index contributed by atoms with van der Waals surface area (Å²) in [6, 6.07) is 2.46. The molecule has 0 aromatic rings. The Morgan fingerprint density at radius 2 is 2.31 bits per heavy atom. The number of nitriles is 1. The molecule has 0 aromatic heterocycles. The zero-order valence-electron chi connectivity index (χ0n) is 8.45. The van der Waals surface area contributed by atoms with E-state index in [-0.39, 0.29) is 17.7 Å². The second kappa shape index (κ2) is 3.78. The van der Waals surface area contributed by atoms with E-state index in [1.54, 1.807) is 0 Å². The van der Waals surface area contributed by atoms with Crippen molar-refractivity contribution in [3.8, 4) is 6.07 Å². The largest absolute Gasteiger partial charge is 0.338 e. The quantitative estimate of drug-likeness (QED) is 0.644. The lowest BCUT2D eigenvalue weighted by Crippen LogP contribution is -2.35. The van der Waals surface area contributed by atoms with E-state index in [9.17, 15) is 4.79 Å². The lowest BCUT2D eigenvalue weighted by atomic mass is 10.1. The molecule has 1 amide bonds. The summed E-state index contributed by atoms with van der Waals surface area (Å²) in [7, 11) is 0. The van der Waals surface area contributed by atoms with Crippen LogP contribution in [0.2, 0.25) is 0 Å². The number of hydrogen-bond acceptors (Lipinski definition) is 2. The second-order valence-electron chi connectivity index (χ2n) is 4.01. The number of carbonyl (C=O) groups excluding carboxylic acids is 1. The maximum absolute atomic E-state index is 11.6. The van der Waals surface area contributed by atoms with Gasteiger partial charge in [0, 0.05) is 18.5 Å². The van der Waals surface area contributed by atoms with Crippen LogP contribution in [0.25, 0.3) is 0 Å². The first-order chi connectivity index (χ1) is 6.06. The number of carbonyl (C=O) groups is 1. The molecule has 0 N–H and O–H groups in total. The SMILES string of the molecule is CC(C#N)CN1C(=O)C(C)CC1C. The molecule has 1 aliphatic rings. The maximum atomic E-state index is 11.6. The summed E-state index contributed by atoms with van der Waals surface area (Å²) >= 11 is 0. The molecule has 0 saturated carbocycles. The van der Waals surface area contributed by atoms with Crippen molar-refractivity contribution >= 4 is 5.91 Å². The first-order valence-electron chi connectivity index (χ1n) is 4.76. The third kappa shape index (κ3) is 2.00. The molecule has 1 aliphatic heterocycles. The first kappa shape index (κ1) is 10.0. The fraction of sp³-hybridized carbons (Fsp3) is 0.800. The molecule has 1 fully saturated rings. The molecule has 0 radical (unpaired) electrons. The average molecular weight is 180 g/mol. The van der Waals surface area contributed by atoms with Crippen molar-refractivity contribution in [1.82, 2.24) is 4.90 Å². The Balaban J connectivity index is 2.60. The summed E-state index contributed by atoms with van der Waals surface area (Å²) in [6.45, 7) is 6.44. The smallest absolute Gasteiger partial charge is 0.225 e. The summed E-state index contributed by atoms with van der Waals surface area (Å²) in [6.07, 6.45) is 0.928. The molecule has 1 rings (SSSR count). The van der Waals surface area contributed by atoms with Crippen LogP contribution in [0.5, 0.6) is 0 Å². The van der Waals surface area contributed by atoms with Gasteiger partial charge in [-0.2, -0.15) is 5.26 Å². The molecule has 1 saturated heterocycles. The van der Waals surface area contributed by atoms with E-state index in [0.717, 1.165) is 6.42 Å². The van der Waals surface area contributed by atoms with Crippen LogP contribution < -0.4 is 0 Å². The summed E-state index contributed by atoms with van der Waals surface area (Å²) in [5.74, 6) is 0.284. The fourth-order valence-corrected chi connectivity index (χ4v) is 1.85. The number of hydrogen-bond donors (Lipinski definition) is 0. The van der Waals surface area contributed by atoms with Gasteiger partial charge in [0.2, 0.25) is 5.91 Å². The monoisotopic (exact) mass is 180 g/mol. The molecule has 0 aliphatic carbocycles. The standard InChI is InChI=1S/C10H16N2O/c1-7(5-11)6-12-9(3)4-8(2)10(12)13/h7-9H,4,6H2,1-3H3. The van der Waals surface area contributed by atoms with Crippen LogP contribution in [0.4, 0.5) is 0 Å². The average Bonchev–Trinajstić information content (AvgIpc) is 2.32. The van der Waals surface area contributed by atoms with Gasteiger partial charge in [-0.3, -0.25) is 4.79 Å². The minimum atomic E-state index is -0.0586. The van der Waals surface area contributed by atoms with Gasteiger partial charge in [0.1, 0.15) is 0 Å². The Morgan fingerprint density at radius 3 is 2.69 bits per heavy atom. The molecular weight excluding hydrogens is 164 g/mol. The molecule has 0 spiro atoms. The highest BCUT2D eigenvalue weighted by atomic mass is 16.2. The van der Waals surface area contributed by atoms with Gasteiger partial charge in [-0.15, -0.1) is 0 Å². The topological polar surface area (TPSA) is 44.1 Å². The Labute approximate surface area is 79.3 Å². The predicted molar refractivity (Wildman–Crippen MR) is 49.7 cm³/mol. The van der Waals surface area contributed by atoms with Gasteiger partial charge in [-0.05, 0) is 20.3 Å². The molecule has 72 valence electrons. The molecular formula is C10H16N2O. The van der Waals surface area contributed by atoms with Crippen LogP contribution in [0.15, 0.2) is 0 Å². The van der Waals surface area contributed by atoms with E-state index >= 15 is 0 Å². The number of nitrogens with zero attached hydrogens (tertiary/aromatic N) is 2. The van der Waals surface area contributed by atoms with Gasteiger partial charge in [0.15, 0.2) is 0 Å². The van der Waals surface area contributed by atoms with Crippen molar-refractivity contribution < 1.29 is 4.79 Å². The van der Waals surface area contributed by atoms with Crippen LogP contribution in [-0.4, -0.2) is 23.4 Å². The molecule has 3 unspecified atom stereocenters. The van der Waals surface area contributed by atoms with Crippen LogP contribution in [0.3, 0.4) is 0 Å². The molecule has 0 aromatic carbocycles. The minimum absolute atomic E-state index is 0.0586. The molecule has 3 heteroatoms. The van der Waals surface area contributed by atoms with E-state index in [4.69, 9.17) is 5.26 Å². The van der Waals surface area contributed by atoms with Crippen LogP contribution in [0, 0.1) is 23.2 Å². The normalized spacial score (nSPS) is 30.3. The van der Waals surface area contributed by atoms with Gasteiger partial charge >= 0.3 is 0 Å². The summed E-state index contributed by atoms with van der Waals surface area (Å²) in [4.78, 5) is 13.4.